The fourth-order valence-corrected chi connectivity index (χ4v) is 2.17. The van der Waals surface area contributed by atoms with Gasteiger partial charge in [0.25, 0.3) is 0 Å². The molecular weight excluding hydrogens is 231 g/mol. The van der Waals surface area contributed by atoms with Crippen LogP contribution in [0.1, 0.15) is 18.4 Å². The van der Waals surface area contributed by atoms with Gasteiger partial charge in [-0.1, -0.05) is 18.2 Å². The summed E-state index contributed by atoms with van der Waals surface area (Å²) in [6, 6.07) is 7.69. The molecule has 18 heavy (non-hydrogen) atoms. The number of nitrogens with zero attached hydrogens (tertiary/aromatic N) is 1. The number of aryl methyl sites for hydroxylation is 1. The average Bonchev–Trinajstić information content (AvgIpc) is 2.35. The number of alkyl halides is 1. The van der Waals surface area contributed by atoms with Crippen molar-refractivity contribution in [3.05, 3.63) is 29.8 Å². The summed E-state index contributed by atoms with van der Waals surface area (Å²) in [6.07, 6.45) is 0.385. The summed E-state index contributed by atoms with van der Waals surface area (Å²) in [7, 11) is 0. The van der Waals surface area contributed by atoms with Crippen molar-refractivity contribution in [2.45, 2.75) is 25.9 Å². The van der Waals surface area contributed by atoms with Crippen molar-refractivity contribution in [2.24, 2.45) is 0 Å². The highest BCUT2D eigenvalue weighted by Crippen LogP contribution is 2.15. The molecule has 3 nitrogen and oxygen atoms in total. The number of anilines is 1. The van der Waals surface area contributed by atoms with E-state index < -0.39 is 6.17 Å². The molecule has 1 aliphatic heterocycles. The van der Waals surface area contributed by atoms with E-state index in [1.807, 2.05) is 36.1 Å². The molecule has 1 aromatic rings. The topological polar surface area (TPSA) is 32.3 Å². The third-order valence-electron chi connectivity index (χ3n) is 3.30. The van der Waals surface area contributed by atoms with E-state index in [4.69, 9.17) is 0 Å². The second-order valence-electron chi connectivity index (χ2n) is 4.81. The highest BCUT2D eigenvalue weighted by Gasteiger charge is 2.20. The molecule has 1 fully saturated rings. The van der Waals surface area contributed by atoms with Crippen molar-refractivity contribution in [2.75, 3.05) is 25.0 Å². The number of hydrogen-bond donors (Lipinski definition) is 1. The quantitative estimate of drug-likeness (QED) is 0.893. The molecule has 1 heterocycles. The number of hydrogen-bond acceptors (Lipinski definition) is 2. The first-order chi connectivity index (χ1) is 8.65. The monoisotopic (exact) mass is 250 g/mol. The predicted molar refractivity (Wildman–Crippen MR) is 70.4 cm³/mol. The first-order valence-corrected chi connectivity index (χ1v) is 6.37. The molecule has 1 N–H and O–H groups in total. The molecule has 98 valence electrons. The number of piperidine rings is 1. The number of benzene rings is 1. The van der Waals surface area contributed by atoms with Crippen molar-refractivity contribution >= 4 is 11.6 Å². The van der Waals surface area contributed by atoms with Crippen LogP contribution in [0.15, 0.2) is 24.3 Å². The minimum absolute atomic E-state index is 0.0263. The van der Waals surface area contributed by atoms with Crippen LogP contribution >= 0.6 is 0 Å². The van der Waals surface area contributed by atoms with Crippen LogP contribution in [0.2, 0.25) is 0 Å². The standard InChI is InChI=1S/C14H19FN2O/c1-11-4-2-3-5-13(11)16-14(18)10-17-8-6-12(15)7-9-17/h2-5,12H,6-10H2,1H3,(H,16,18). The second-order valence-corrected chi connectivity index (χ2v) is 4.81. The van der Waals surface area contributed by atoms with Gasteiger partial charge >= 0.3 is 0 Å². The number of likely N-dealkylation sites (tertiary alicyclic amines) is 1. The lowest BCUT2D eigenvalue weighted by atomic mass is 10.1. The Bertz CT molecular complexity index is 414. The van der Waals surface area contributed by atoms with E-state index in [0.717, 1.165) is 11.3 Å². The first kappa shape index (κ1) is 13.0. The van der Waals surface area contributed by atoms with Crippen LogP contribution in [0.25, 0.3) is 0 Å². The zero-order valence-electron chi connectivity index (χ0n) is 10.7. The van der Waals surface area contributed by atoms with Crippen LogP contribution in [0.3, 0.4) is 0 Å². The Kier molecular flexibility index (Phi) is 4.31. The molecule has 0 spiro atoms. The van der Waals surface area contributed by atoms with Crippen LogP contribution < -0.4 is 5.32 Å². The molecule has 0 aromatic heterocycles. The van der Waals surface area contributed by atoms with Gasteiger partial charge < -0.3 is 5.32 Å². The number of carbonyl (C=O) groups excluding carboxylic acids is 1. The van der Waals surface area contributed by atoms with Crippen molar-refractivity contribution in [1.82, 2.24) is 4.90 Å². The Morgan fingerprint density at radius 2 is 2.06 bits per heavy atom. The van der Waals surface area contributed by atoms with E-state index in [1.165, 1.54) is 0 Å². The van der Waals surface area contributed by atoms with E-state index in [2.05, 4.69) is 5.32 Å². The lowest BCUT2D eigenvalue weighted by Crippen LogP contribution is -2.39. The summed E-state index contributed by atoms with van der Waals surface area (Å²) >= 11 is 0. The van der Waals surface area contributed by atoms with E-state index >= 15 is 0 Å². The van der Waals surface area contributed by atoms with Gasteiger partial charge in [-0.15, -0.1) is 0 Å². The molecule has 0 radical (unpaired) electrons. The molecule has 2 rings (SSSR count). The molecule has 0 atom stereocenters. The zero-order chi connectivity index (χ0) is 13.0. The Labute approximate surface area is 107 Å². The summed E-state index contributed by atoms with van der Waals surface area (Å²) in [5.41, 5.74) is 1.90. The summed E-state index contributed by atoms with van der Waals surface area (Å²) in [6.45, 7) is 3.65. The smallest absolute Gasteiger partial charge is 0.238 e. The lowest BCUT2D eigenvalue weighted by Gasteiger charge is -2.27. The number of carbonyl (C=O) groups is 1. The zero-order valence-corrected chi connectivity index (χ0v) is 10.7. The first-order valence-electron chi connectivity index (χ1n) is 6.37. The van der Waals surface area contributed by atoms with Gasteiger partial charge in [0.15, 0.2) is 0 Å². The van der Waals surface area contributed by atoms with Crippen molar-refractivity contribution in [1.29, 1.82) is 0 Å². The highest BCUT2D eigenvalue weighted by molar-refractivity contribution is 5.92. The highest BCUT2D eigenvalue weighted by atomic mass is 19.1. The van der Waals surface area contributed by atoms with Crippen LogP contribution in [0, 0.1) is 6.92 Å². The van der Waals surface area contributed by atoms with Crippen LogP contribution in [0.4, 0.5) is 10.1 Å². The normalized spacial score (nSPS) is 17.7. The summed E-state index contributed by atoms with van der Waals surface area (Å²) in [5.74, 6) is -0.0263. The van der Waals surface area contributed by atoms with Gasteiger partial charge in [0, 0.05) is 18.8 Å². The number of amides is 1. The number of nitrogens with one attached hydrogen (secondary N) is 1. The average molecular weight is 250 g/mol. The molecule has 0 saturated carbocycles. The molecule has 1 aliphatic rings. The van der Waals surface area contributed by atoms with Crippen molar-refractivity contribution in [3.63, 3.8) is 0 Å². The Morgan fingerprint density at radius 1 is 1.39 bits per heavy atom. The summed E-state index contributed by atoms with van der Waals surface area (Å²) < 4.78 is 13.0. The molecule has 0 aliphatic carbocycles. The minimum atomic E-state index is -0.694. The lowest BCUT2D eigenvalue weighted by molar-refractivity contribution is -0.117. The Balaban J connectivity index is 1.84. The van der Waals surface area contributed by atoms with Gasteiger partial charge in [0.2, 0.25) is 5.91 Å². The third kappa shape index (κ3) is 3.53. The second kappa shape index (κ2) is 5.96. The minimum Gasteiger partial charge on any atom is -0.325 e. The molecule has 1 aromatic carbocycles. The summed E-state index contributed by atoms with van der Waals surface area (Å²) in [4.78, 5) is 13.9. The van der Waals surface area contributed by atoms with Gasteiger partial charge in [0.05, 0.1) is 6.54 Å². The molecule has 1 saturated heterocycles. The maximum atomic E-state index is 13.0. The number of halogens is 1. The van der Waals surface area contributed by atoms with Gasteiger partial charge in [-0.25, -0.2) is 4.39 Å². The van der Waals surface area contributed by atoms with Gasteiger partial charge in [-0.05, 0) is 31.4 Å². The third-order valence-corrected chi connectivity index (χ3v) is 3.30. The molecule has 0 bridgehead atoms. The fraction of sp³-hybridized carbons (Fsp3) is 0.500. The Hall–Kier alpha value is -1.42. The maximum absolute atomic E-state index is 13.0. The van der Waals surface area contributed by atoms with Crippen LogP contribution in [0.5, 0.6) is 0 Å². The number of para-hydroxylation sites is 1. The maximum Gasteiger partial charge on any atom is 0.238 e. The van der Waals surface area contributed by atoms with Gasteiger partial charge in [-0.3, -0.25) is 9.69 Å². The van der Waals surface area contributed by atoms with Crippen molar-refractivity contribution in [3.8, 4) is 0 Å². The van der Waals surface area contributed by atoms with E-state index in [1.54, 1.807) is 0 Å². The van der Waals surface area contributed by atoms with E-state index in [0.29, 0.717) is 32.5 Å². The summed E-state index contributed by atoms with van der Waals surface area (Å²) in [5, 5.41) is 2.89. The van der Waals surface area contributed by atoms with Gasteiger partial charge in [0.1, 0.15) is 6.17 Å². The van der Waals surface area contributed by atoms with Crippen LogP contribution in [-0.4, -0.2) is 36.6 Å². The SMILES string of the molecule is Cc1ccccc1NC(=O)CN1CCC(F)CC1. The largest absolute Gasteiger partial charge is 0.325 e. The van der Waals surface area contributed by atoms with E-state index in [-0.39, 0.29) is 5.91 Å². The molecular formula is C14H19FN2O. The molecule has 4 heteroatoms. The Morgan fingerprint density at radius 3 is 2.72 bits per heavy atom. The van der Waals surface area contributed by atoms with E-state index in [9.17, 15) is 9.18 Å². The molecule has 0 unspecified atom stereocenters. The fourth-order valence-electron chi connectivity index (χ4n) is 2.17. The van der Waals surface area contributed by atoms with Gasteiger partial charge in [-0.2, -0.15) is 0 Å². The number of rotatable bonds is 3. The predicted octanol–water partition coefficient (Wildman–Crippen LogP) is 2.37. The van der Waals surface area contributed by atoms with Crippen LogP contribution in [-0.2, 0) is 4.79 Å². The van der Waals surface area contributed by atoms with Crippen molar-refractivity contribution < 1.29 is 9.18 Å². The molecule has 1 amide bonds.